The molecular formula is C29H30F3N3O6. The molecule has 0 bridgehead atoms. The molecule has 4 rings (SSSR count). The summed E-state index contributed by atoms with van der Waals surface area (Å²) >= 11 is 0. The smallest absolute Gasteiger partial charge is 0.406 e. The number of halogens is 3. The fraction of sp³-hybridized carbons (Fsp3) is 0.379. The monoisotopic (exact) mass is 573 g/mol. The molecule has 12 heteroatoms. The highest BCUT2D eigenvalue weighted by Gasteiger charge is 2.39. The maximum absolute atomic E-state index is 13.5. The summed E-state index contributed by atoms with van der Waals surface area (Å²) in [7, 11) is 1.50. The van der Waals surface area contributed by atoms with Gasteiger partial charge in [-0.1, -0.05) is 18.2 Å². The lowest BCUT2D eigenvalue weighted by Crippen LogP contribution is -2.47. The molecule has 1 saturated heterocycles. The Kier molecular flexibility index (Phi) is 8.14. The number of imide groups is 1. The number of rotatable bonds is 7. The van der Waals surface area contributed by atoms with Gasteiger partial charge < -0.3 is 9.47 Å². The van der Waals surface area contributed by atoms with Crippen LogP contribution in [0.4, 0.5) is 13.2 Å². The Bertz CT molecular complexity index is 1560. The van der Waals surface area contributed by atoms with Crippen LogP contribution in [0.15, 0.2) is 53.3 Å². The van der Waals surface area contributed by atoms with E-state index in [4.69, 9.17) is 9.47 Å². The molecule has 1 aromatic heterocycles. The van der Waals surface area contributed by atoms with Crippen LogP contribution in [0.5, 0.6) is 5.75 Å². The molecule has 1 aliphatic heterocycles. The number of hydrogen-bond donors (Lipinski definition) is 0. The molecule has 41 heavy (non-hydrogen) atoms. The first kappa shape index (κ1) is 29.6. The van der Waals surface area contributed by atoms with E-state index in [0.717, 1.165) is 15.5 Å². The Morgan fingerprint density at radius 1 is 1.02 bits per heavy atom. The Labute approximate surface area is 233 Å². The predicted octanol–water partition coefficient (Wildman–Crippen LogP) is 4.62. The first-order chi connectivity index (χ1) is 19.2. The van der Waals surface area contributed by atoms with Gasteiger partial charge in [0.15, 0.2) is 0 Å². The number of fused-ring (bicyclic) bond motifs is 1. The number of carbonyl (C=O) groups excluding carboxylic acids is 3. The number of imidazole rings is 1. The summed E-state index contributed by atoms with van der Waals surface area (Å²) in [5.74, 6) is -1.17. The molecule has 1 aliphatic rings. The van der Waals surface area contributed by atoms with Crippen LogP contribution in [0.2, 0.25) is 0 Å². The van der Waals surface area contributed by atoms with Crippen molar-refractivity contribution in [1.29, 1.82) is 0 Å². The summed E-state index contributed by atoms with van der Waals surface area (Å²) in [5, 5.41) is 0. The van der Waals surface area contributed by atoms with Gasteiger partial charge in [-0.3, -0.25) is 23.6 Å². The average molecular weight is 574 g/mol. The standard InChI is InChI=1S/C29H30F3N3O6/c1-28(2,3)41-25(37)14-8-18-7-11-21-23(15-18)34(17-29(30,31)32)27(39)35(21)22-12-13-24(36)33(26(22)38)16-19-5-9-20(40-4)10-6-19/h5-11,14-15,22H,12-13,16-17H2,1-4H3/b14-8+. The summed E-state index contributed by atoms with van der Waals surface area (Å²) in [5.41, 5.74) is -0.729. The van der Waals surface area contributed by atoms with Crippen LogP contribution >= 0.6 is 0 Å². The number of likely N-dealkylation sites (tertiary alicyclic amines) is 1. The average Bonchev–Trinajstić information content (AvgIpc) is 3.14. The van der Waals surface area contributed by atoms with E-state index in [1.165, 1.54) is 31.4 Å². The number of ether oxygens (including phenoxy) is 2. The van der Waals surface area contributed by atoms with E-state index in [1.54, 1.807) is 45.0 Å². The third kappa shape index (κ3) is 6.87. The van der Waals surface area contributed by atoms with Gasteiger partial charge in [0.1, 0.15) is 23.9 Å². The Hall–Kier alpha value is -4.35. The van der Waals surface area contributed by atoms with Crippen molar-refractivity contribution in [3.05, 3.63) is 70.2 Å². The highest BCUT2D eigenvalue weighted by molar-refractivity contribution is 6.00. The number of nitrogens with zero attached hydrogens (tertiary/aromatic N) is 3. The van der Waals surface area contributed by atoms with Crippen molar-refractivity contribution >= 4 is 34.9 Å². The largest absolute Gasteiger partial charge is 0.497 e. The Morgan fingerprint density at radius 3 is 2.32 bits per heavy atom. The van der Waals surface area contributed by atoms with Crippen molar-refractivity contribution in [3.8, 4) is 5.75 Å². The maximum Gasteiger partial charge on any atom is 0.406 e. The van der Waals surface area contributed by atoms with Gasteiger partial charge in [0.25, 0.3) is 5.91 Å². The topological polar surface area (TPSA) is 99.8 Å². The van der Waals surface area contributed by atoms with Crippen molar-refractivity contribution in [2.24, 2.45) is 0 Å². The minimum absolute atomic E-state index is 0.0396. The van der Waals surface area contributed by atoms with E-state index in [0.29, 0.717) is 21.4 Å². The molecule has 218 valence electrons. The molecule has 0 spiro atoms. The summed E-state index contributed by atoms with van der Waals surface area (Å²) in [6.07, 6.45) is -2.32. The van der Waals surface area contributed by atoms with E-state index in [-0.39, 0.29) is 30.4 Å². The van der Waals surface area contributed by atoms with Crippen LogP contribution in [0.25, 0.3) is 17.1 Å². The molecule has 0 aliphatic carbocycles. The predicted molar refractivity (Wildman–Crippen MR) is 144 cm³/mol. The number of amides is 2. The minimum Gasteiger partial charge on any atom is -0.497 e. The quantitative estimate of drug-likeness (QED) is 0.232. The summed E-state index contributed by atoms with van der Waals surface area (Å²) in [4.78, 5) is 52.8. The van der Waals surface area contributed by atoms with E-state index < -0.39 is 47.8 Å². The van der Waals surface area contributed by atoms with Gasteiger partial charge in [-0.2, -0.15) is 13.2 Å². The van der Waals surface area contributed by atoms with Crippen LogP contribution in [0.3, 0.4) is 0 Å². The van der Waals surface area contributed by atoms with Gasteiger partial charge in [-0.15, -0.1) is 0 Å². The number of carbonyl (C=O) groups is 3. The van der Waals surface area contributed by atoms with E-state index in [1.807, 2.05) is 0 Å². The second kappa shape index (κ2) is 11.3. The summed E-state index contributed by atoms with van der Waals surface area (Å²) in [6, 6.07) is 9.84. The molecule has 1 unspecified atom stereocenters. The third-order valence-electron chi connectivity index (χ3n) is 6.44. The van der Waals surface area contributed by atoms with Crippen molar-refractivity contribution in [1.82, 2.24) is 14.0 Å². The first-order valence-electron chi connectivity index (χ1n) is 12.9. The van der Waals surface area contributed by atoms with E-state index >= 15 is 0 Å². The SMILES string of the molecule is COc1ccc(CN2C(=O)CCC(n3c(=O)n(CC(F)(F)F)c4cc(/C=C/C(=O)OC(C)(C)C)ccc43)C2=O)cc1. The van der Waals surface area contributed by atoms with Crippen molar-refractivity contribution in [2.45, 2.75) is 64.5 Å². The molecule has 2 amide bonds. The van der Waals surface area contributed by atoms with E-state index in [2.05, 4.69) is 0 Å². The number of benzene rings is 2. The summed E-state index contributed by atoms with van der Waals surface area (Å²) < 4.78 is 52.5. The number of alkyl halides is 3. The van der Waals surface area contributed by atoms with Gasteiger partial charge in [0.05, 0.1) is 24.7 Å². The fourth-order valence-corrected chi connectivity index (χ4v) is 4.67. The normalized spacial score (nSPS) is 16.6. The van der Waals surface area contributed by atoms with Crippen LogP contribution in [0.1, 0.15) is 50.8 Å². The zero-order valence-corrected chi connectivity index (χ0v) is 23.0. The van der Waals surface area contributed by atoms with Crippen LogP contribution in [-0.4, -0.2) is 50.7 Å². The van der Waals surface area contributed by atoms with Crippen molar-refractivity contribution in [2.75, 3.05) is 7.11 Å². The second-order valence-electron chi connectivity index (χ2n) is 10.7. The molecule has 9 nitrogen and oxygen atoms in total. The molecule has 3 aromatic rings. The number of piperidine rings is 1. The molecule has 1 fully saturated rings. The lowest BCUT2D eigenvalue weighted by Gasteiger charge is -2.31. The Balaban J connectivity index is 1.73. The van der Waals surface area contributed by atoms with E-state index in [9.17, 15) is 32.3 Å². The third-order valence-corrected chi connectivity index (χ3v) is 6.44. The second-order valence-corrected chi connectivity index (χ2v) is 10.7. The minimum atomic E-state index is -4.72. The van der Waals surface area contributed by atoms with Gasteiger partial charge in [-0.05, 0) is 68.7 Å². The lowest BCUT2D eigenvalue weighted by atomic mass is 10.0. The maximum atomic E-state index is 13.5. The molecule has 1 atom stereocenters. The van der Waals surface area contributed by atoms with Crippen LogP contribution in [-0.2, 0) is 32.2 Å². The summed E-state index contributed by atoms with van der Waals surface area (Å²) in [6.45, 7) is 3.45. The molecule has 0 N–H and O–H groups in total. The molecular weight excluding hydrogens is 543 g/mol. The number of aromatic nitrogens is 2. The lowest BCUT2D eigenvalue weighted by molar-refractivity contribution is -0.152. The van der Waals surface area contributed by atoms with Gasteiger partial charge in [-0.25, -0.2) is 9.59 Å². The zero-order valence-electron chi connectivity index (χ0n) is 23.0. The van der Waals surface area contributed by atoms with Crippen molar-refractivity contribution < 1.29 is 37.0 Å². The molecule has 2 aromatic carbocycles. The number of hydrogen-bond acceptors (Lipinski definition) is 6. The van der Waals surface area contributed by atoms with Gasteiger partial charge >= 0.3 is 17.8 Å². The van der Waals surface area contributed by atoms with Crippen LogP contribution in [0, 0.1) is 0 Å². The highest BCUT2D eigenvalue weighted by Crippen LogP contribution is 2.30. The van der Waals surface area contributed by atoms with Gasteiger partial charge in [0.2, 0.25) is 5.91 Å². The van der Waals surface area contributed by atoms with Gasteiger partial charge in [0, 0.05) is 12.5 Å². The fourth-order valence-electron chi connectivity index (χ4n) is 4.67. The molecule has 2 heterocycles. The highest BCUT2D eigenvalue weighted by atomic mass is 19.4. The molecule has 0 radical (unpaired) electrons. The first-order valence-corrected chi connectivity index (χ1v) is 12.9. The number of esters is 1. The Morgan fingerprint density at radius 2 is 1.71 bits per heavy atom. The molecule has 0 saturated carbocycles. The van der Waals surface area contributed by atoms with Crippen LogP contribution < -0.4 is 10.4 Å². The number of methoxy groups -OCH3 is 1. The van der Waals surface area contributed by atoms with Crippen molar-refractivity contribution in [3.63, 3.8) is 0 Å². The zero-order chi connectivity index (χ0) is 30.1.